The lowest BCUT2D eigenvalue weighted by molar-refractivity contribution is -0.138. The lowest BCUT2D eigenvalue weighted by Crippen LogP contribution is -2.50. The van der Waals surface area contributed by atoms with Gasteiger partial charge in [-0.2, -0.15) is 0 Å². The molecule has 0 aliphatic carbocycles. The van der Waals surface area contributed by atoms with Crippen LogP contribution < -0.4 is 10.6 Å². The summed E-state index contributed by atoms with van der Waals surface area (Å²) in [4.78, 5) is 14.5. The molecule has 0 fully saturated rings. The van der Waals surface area contributed by atoms with Gasteiger partial charge in [-0.1, -0.05) is 13.0 Å². The molecular formula is C15H22N2O2. The Kier molecular flexibility index (Phi) is 3.80. The average Bonchev–Trinajstić information content (AvgIpc) is 2.45. The van der Waals surface area contributed by atoms with Crippen molar-refractivity contribution in [2.24, 2.45) is 0 Å². The quantitative estimate of drug-likeness (QED) is 0.851. The third-order valence-corrected chi connectivity index (χ3v) is 4.11. The fraction of sp³-hybridized carbons (Fsp3) is 0.533. The zero-order chi connectivity index (χ0) is 14.0. The van der Waals surface area contributed by atoms with Crippen LogP contribution in [-0.4, -0.2) is 25.2 Å². The molecule has 19 heavy (non-hydrogen) atoms. The minimum absolute atomic E-state index is 0.0176. The second kappa shape index (κ2) is 5.21. The van der Waals surface area contributed by atoms with Gasteiger partial charge in [0.25, 0.3) is 5.91 Å². The van der Waals surface area contributed by atoms with Gasteiger partial charge < -0.3 is 15.4 Å². The van der Waals surface area contributed by atoms with Crippen molar-refractivity contribution in [3.8, 4) is 0 Å². The zero-order valence-electron chi connectivity index (χ0n) is 11.9. The molecule has 4 nitrogen and oxygen atoms in total. The van der Waals surface area contributed by atoms with Crippen LogP contribution >= 0.6 is 0 Å². The molecule has 1 aromatic carbocycles. The average molecular weight is 262 g/mol. The molecule has 1 aliphatic heterocycles. The number of carbonyl (C=O) groups excluding carboxylic acids is 1. The number of nitrogen functional groups attached to an aromatic ring is 1. The number of fused-ring (bicyclic) bond motifs is 1. The van der Waals surface area contributed by atoms with Crippen LogP contribution in [0.15, 0.2) is 18.2 Å². The SMILES string of the molecule is CCC(C)(OC)C(=O)N1CCCc2c(N)cccc21. The van der Waals surface area contributed by atoms with Crippen LogP contribution in [0.2, 0.25) is 0 Å². The van der Waals surface area contributed by atoms with Gasteiger partial charge in [-0.15, -0.1) is 0 Å². The number of amides is 1. The van der Waals surface area contributed by atoms with Gasteiger partial charge in [0.15, 0.2) is 0 Å². The number of nitrogens with two attached hydrogens (primary N) is 1. The second-order valence-electron chi connectivity index (χ2n) is 5.19. The maximum absolute atomic E-state index is 12.7. The number of methoxy groups -OCH3 is 1. The van der Waals surface area contributed by atoms with Crippen LogP contribution in [0.4, 0.5) is 11.4 Å². The molecule has 1 aliphatic rings. The summed E-state index contributed by atoms with van der Waals surface area (Å²) in [6.45, 7) is 4.54. The van der Waals surface area contributed by atoms with Gasteiger partial charge in [-0.25, -0.2) is 0 Å². The maximum atomic E-state index is 12.7. The molecule has 2 N–H and O–H groups in total. The maximum Gasteiger partial charge on any atom is 0.258 e. The summed E-state index contributed by atoms with van der Waals surface area (Å²) < 4.78 is 5.42. The Morgan fingerprint density at radius 1 is 1.53 bits per heavy atom. The van der Waals surface area contributed by atoms with Crippen molar-refractivity contribution >= 4 is 17.3 Å². The highest BCUT2D eigenvalue weighted by Gasteiger charge is 2.37. The summed E-state index contributed by atoms with van der Waals surface area (Å²) in [6, 6.07) is 5.76. The highest BCUT2D eigenvalue weighted by molar-refractivity contribution is 6.00. The predicted molar refractivity (Wildman–Crippen MR) is 77.2 cm³/mol. The molecule has 1 atom stereocenters. The molecule has 1 unspecified atom stereocenters. The van der Waals surface area contributed by atoms with E-state index < -0.39 is 5.60 Å². The van der Waals surface area contributed by atoms with E-state index in [1.807, 2.05) is 36.9 Å². The first kappa shape index (κ1) is 13.9. The van der Waals surface area contributed by atoms with Crippen molar-refractivity contribution in [2.75, 3.05) is 24.3 Å². The summed E-state index contributed by atoms with van der Waals surface area (Å²) in [5.74, 6) is 0.0176. The lowest BCUT2D eigenvalue weighted by Gasteiger charge is -2.36. The molecule has 0 saturated heterocycles. The van der Waals surface area contributed by atoms with E-state index in [0.717, 1.165) is 36.3 Å². The topological polar surface area (TPSA) is 55.6 Å². The Labute approximate surface area is 114 Å². The molecule has 0 aromatic heterocycles. The summed E-state index contributed by atoms with van der Waals surface area (Å²) >= 11 is 0. The van der Waals surface area contributed by atoms with Crippen LogP contribution in [-0.2, 0) is 16.0 Å². The second-order valence-corrected chi connectivity index (χ2v) is 5.19. The highest BCUT2D eigenvalue weighted by atomic mass is 16.5. The lowest BCUT2D eigenvalue weighted by atomic mass is 9.95. The van der Waals surface area contributed by atoms with Crippen molar-refractivity contribution in [3.05, 3.63) is 23.8 Å². The monoisotopic (exact) mass is 262 g/mol. The molecule has 4 heteroatoms. The highest BCUT2D eigenvalue weighted by Crippen LogP contribution is 2.33. The fourth-order valence-electron chi connectivity index (χ4n) is 2.53. The van der Waals surface area contributed by atoms with E-state index in [1.165, 1.54) is 0 Å². The minimum Gasteiger partial charge on any atom is -0.398 e. The van der Waals surface area contributed by atoms with Crippen molar-refractivity contribution in [3.63, 3.8) is 0 Å². The summed E-state index contributed by atoms with van der Waals surface area (Å²) in [5, 5.41) is 0. The molecule has 0 spiro atoms. The molecule has 1 aromatic rings. The number of hydrogen-bond acceptors (Lipinski definition) is 3. The van der Waals surface area contributed by atoms with Crippen molar-refractivity contribution in [1.29, 1.82) is 0 Å². The Morgan fingerprint density at radius 2 is 2.26 bits per heavy atom. The van der Waals surface area contributed by atoms with Gasteiger partial charge in [0.2, 0.25) is 0 Å². The van der Waals surface area contributed by atoms with Gasteiger partial charge in [0.1, 0.15) is 5.60 Å². The summed E-state index contributed by atoms with van der Waals surface area (Å²) in [6.07, 6.45) is 2.52. The van der Waals surface area contributed by atoms with Crippen LogP contribution in [0, 0.1) is 0 Å². The van der Waals surface area contributed by atoms with Crippen LogP contribution in [0.25, 0.3) is 0 Å². The molecule has 0 radical (unpaired) electrons. The van der Waals surface area contributed by atoms with E-state index >= 15 is 0 Å². The van der Waals surface area contributed by atoms with E-state index in [1.54, 1.807) is 7.11 Å². The standard InChI is InChI=1S/C15H22N2O2/c1-4-15(2,19-3)14(18)17-10-6-7-11-12(16)8-5-9-13(11)17/h5,8-9H,4,6-7,10,16H2,1-3H3. The first-order valence-electron chi connectivity index (χ1n) is 6.78. The molecule has 2 rings (SSSR count). The fourth-order valence-corrected chi connectivity index (χ4v) is 2.53. The van der Waals surface area contributed by atoms with Crippen LogP contribution in [0.3, 0.4) is 0 Å². The van der Waals surface area contributed by atoms with Gasteiger partial charge in [0, 0.05) is 25.0 Å². The molecule has 104 valence electrons. The third-order valence-electron chi connectivity index (χ3n) is 4.11. The summed E-state index contributed by atoms with van der Waals surface area (Å²) in [5.41, 5.74) is 8.03. The summed E-state index contributed by atoms with van der Waals surface area (Å²) in [7, 11) is 1.59. The Bertz CT molecular complexity index is 481. The predicted octanol–water partition coefficient (Wildman–Crippen LogP) is 2.36. The number of nitrogens with zero attached hydrogens (tertiary/aromatic N) is 1. The van der Waals surface area contributed by atoms with E-state index in [0.29, 0.717) is 6.42 Å². The first-order valence-corrected chi connectivity index (χ1v) is 6.78. The largest absolute Gasteiger partial charge is 0.398 e. The molecule has 1 amide bonds. The van der Waals surface area contributed by atoms with Crippen molar-refractivity contribution in [2.45, 2.75) is 38.7 Å². The van der Waals surface area contributed by atoms with E-state index in [4.69, 9.17) is 10.5 Å². The molecule has 1 heterocycles. The Hall–Kier alpha value is -1.55. The number of ether oxygens (including phenoxy) is 1. The normalized spacial score (nSPS) is 17.7. The van der Waals surface area contributed by atoms with Crippen LogP contribution in [0.5, 0.6) is 0 Å². The van der Waals surface area contributed by atoms with Gasteiger partial charge in [-0.3, -0.25) is 4.79 Å². The number of anilines is 2. The third kappa shape index (κ3) is 2.32. The van der Waals surface area contributed by atoms with E-state index in [2.05, 4.69) is 0 Å². The Balaban J connectivity index is 2.39. The van der Waals surface area contributed by atoms with Crippen molar-refractivity contribution < 1.29 is 9.53 Å². The minimum atomic E-state index is -0.765. The van der Waals surface area contributed by atoms with Gasteiger partial charge >= 0.3 is 0 Å². The number of carbonyl (C=O) groups is 1. The molecular weight excluding hydrogens is 240 g/mol. The smallest absolute Gasteiger partial charge is 0.258 e. The number of hydrogen-bond donors (Lipinski definition) is 1. The molecule has 0 bridgehead atoms. The molecule has 0 saturated carbocycles. The number of rotatable bonds is 3. The van der Waals surface area contributed by atoms with Crippen molar-refractivity contribution in [1.82, 2.24) is 0 Å². The van der Waals surface area contributed by atoms with E-state index in [-0.39, 0.29) is 5.91 Å². The number of benzene rings is 1. The zero-order valence-corrected chi connectivity index (χ0v) is 11.9. The van der Waals surface area contributed by atoms with Gasteiger partial charge in [-0.05, 0) is 43.9 Å². The first-order chi connectivity index (χ1) is 9.03. The van der Waals surface area contributed by atoms with Crippen LogP contribution in [0.1, 0.15) is 32.3 Å². The van der Waals surface area contributed by atoms with Gasteiger partial charge in [0.05, 0.1) is 0 Å². The Morgan fingerprint density at radius 3 is 2.89 bits per heavy atom. The van der Waals surface area contributed by atoms with E-state index in [9.17, 15) is 4.79 Å².